The number of nitrogens with zero attached hydrogens (tertiary/aromatic N) is 1. The second-order valence-electron chi connectivity index (χ2n) is 15.5. The third-order valence-electron chi connectivity index (χ3n) is 9.86. The van der Waals surface area contributed by atoms with Crippen molar-refractivity contribution < 1.29 is 67.2 Å². The second kappa shape index (κ2) is 35.5. The van der Waals surface area contributed by atoms with E-state index in [4.69, 9.17) is 36.7 Å². The number of carbonyl (C=O) groups is 5. The van der Waals surface area contributed by atoms with Crippen molar-refractivity contribution in [1.82, 2.24) is 26.2 Å². The number of phosphoric acid groups is 1. The monoisotopic (exact) mass is 913 g/mol. The standard InChI is InChI=1S/C39H77N8O14P/c40-17-9-20-43-34(49)14-23-57-29-39(30-58-24-15-35(50)44-21-10-18-41,31-59-25-16-36(51)45-22-11-19-42)46-37(52)12-7-5-3-1-2-4-6-8-13-38(53)47-27-33(48)26-32(47)28-60-62(55,56)61-54/h32-33,48,54H,1-31,40-42H2,(H,43,49)(H,44,50)(H,45,51)(H,46,52)(H,55,56). The summed E-state index contributed by atoms with van der Waals surface area (Å²) in [5, 5.41) is 29.9. The number of hydrogen-bond donors (Lipinski definition) is 10. The van der Waals surface area contributed by atoms with Crippen molar-refractivity contribution in [3.8, 4) is 0 Å². The summed E-state index contributed by atoms with van der Waals surface area (Å²) in [7, 11) is -4.63. The molecule has 0 aromatic carbocycles. The number of carbonyl (C=O) groups excluding carboxylic acids is 5. The molecule has 0 aliphatic carbocycles. The van der Waals surface area contributed by atoms with Crippen molar-refractivity contribution in [2.75, 3.05) is 92.1 Å². The normalized spacial score (nSPS) is 16.2. The topological polar surface area (TPSA) is 339 Å². The number of unbranched alkanes of at least 4 members (excludes halogenated alkanes) is 7. The number of hydrogen-bond acceptors (Lipinski definition) is 16. The molecule has 1 saturated heterocycles. The lowest BCUT2D eigenvalue weighted by Gasteiger charge is -2.34. The van der Waals surface area contributed by atoms with Gasteiger partial charge in [-0.3, -0.25) is 28.5 Å². The largest absolute Gasteiger partial charge is 0.499 e. The van der Waals surface area contributed by atoms with E-state index in [-0.39, 0.29) is 121 Å². The molecule has 1 aliphatic heterocycles. The smallest absolute Gasteiger partial charge is 0.391 e. The molecule has 1 rings (SSSR count). The minimum Gasteiger partial charge on any atom is -0.391 e. The number of nitrogens with one attached hydrogen (secondary N) is 4. The molecule has 13 N–H and O–H groups in total. The van der Waals surface area contributed by atoms with Crippen molar-refractivity contribution in [2.45, 2.75) is 127 Å². The number of likely N-dealkylation sites (tertiary alicyclic amines) is 1. The molecule has 62 heavy (non-hydrogen) atoms. The Balaban J connectivity index is 2.68. The lowest BCUT2D eigenvalue weighted by Crippen LogP contribution is -2.58. The molecule has 5 amide bonds. The van der Waals surface area contributed by atoms with Crippen LogP contribution in [-0.4, -0.2) is 159 Å². The number of nitrogens with two attached hydrogens (primary N) is 3. The van der Waals surface area contributed by atoms with Crippen LogP contribution >= 0.6 is 7.82 Å². The van der Waals surface area contributed by atoms with Crippen molar-refractivity contribution in [2.24, 2.45) is 17.2 Å². The molecule has 3 atom stereocenters. The van der Waals surface area contributed by atoms with Crippen LogP contribution in [0.1, 0.15) is 109 Å². The maximum Gasteiger partial charge on any atom is 0.499 e. The Morgan fingerprint density at radius 1 is 0.629 bits per heavy atom. The molecule has 1 fully saturated rings. The van der Waals surface area contributed by atoms with Crippen molar-refractivity contribution >= 4 is 37.4 Å². The number of amides is 5. The van der Waals surface area contributed by atoms with Crippen LogP contribution in [0.25, 0.3) is 0 Å². The molecule has 22 nitrogen and oxygen atoms in total. The van der Waals surface area contributed by atoms with Crippen LogP contribution in [0.2, 0.25) is 0 Å². The first-order valence-electron chi connectivity index (χ1n) is 22.0. The summed E-state index contributed by atoms with van der Waals surface area (Å²) >= 11 is 0. The molecule has 0 aromatic rings. The van der Waals surface area contributed by atoms with Crippen LogP contribution in [0.3, 0.4) is 0 Å². The fourth-order valence-corrected chi connectivity index (χ4v) is 6.88. The highest BCUT2D eigenvalue weighted by atomic mass is 31.2. The van der Waals surface area contributed by atoms with Gasteiger partial charge in [0.05, 0.1) is 58.4 Å². The molecule has 0 radical (unpaired) electrons. The highest BCUT2D eigenvalue weighted by molar-refractivity contribution is 7.47. The summed E-state index contributed by atoms with van der Waals surface area (Å²) in [4.78, 5) is 73.7. The predicted octanol–water partition coefficient (Wildman–Crippen LogP) is -0.0741. The first-order valence-corrected chi connectivity index (χ1v) is 23.5. The third kappa shape index (κ3) is 28.8. The van der Waals surface area contributed by atoms with Crippen LogP contribution < -0.4 is 38.5 Å². The minimum absolute atomic E-state index is 0.0618. The van der Waals surface area contributed by atoms with E-state index in [9.17, 15) is 38.5 Å². The van der Waals surface area contributed by atoms with Crippen LogP contribution in [0.5, 0.6) is 0 Å². The van der Waals surface area contributed by atoms with Gasteiger partial charge >= 0.3 is 7.82 Å². The van der Waals surface area contributed by atoms with E-state index < -0.39 is 25.5 Å². The van der Waals surface area contributed by atoms with Gasteiger partial charge in [0.1, 0.15) is 5.54 Å². The maximum absolute atomic E-state index is 13.4. The number of rotatable bonds is 40. The molecular weight excluding hydrogens is 835 g/mol. The molecule has 0 saturated carbocycles. The van der Waals surface area contributed by atoms with Crippen LogP contribution in [0, 0.1) is 0 Å². The molecule has 1 heterocycles. The zero-order valence-electron chi connectivity index (χ0n) is 36.5. The van der Waals surface area contributed by atoms with Crippen LogP contribution in [0.15, 0.2) is 0 Å². The number of ether oxygens (including phenoxy) is 3. The van der Waals surface area contributed by atoms with Gasteiger partial charge in [0, 0.05) is 58.3 Å². The minimum atomic E-state index is -4.63. The molecule has 0 aromatic heterocycles. The summed E-state index contributed by atoms with van der Waals surface area (Å²) in [6.07, 6.45) is 8.68. The van der Waals surface area contributed by atoms with Gasteiger partial charge < -0.3 is 67.6 Å². The molecule has 0 spiro atoms. The van der Waals surface area contributed by atoms with E-state index in [2.05, 4.69) is 30.5 Å². The Morgan fingerprint density at radius 2 is 1.05 bits per heavy atom. The number of phosphoric ester groups is 1. The zero-order chi connectivity index (χ0) is 45.9. The van der Waals surface area contributed by atoms with Crippen molar-refractivity contribution in [1.29, 1.82) is 0 Å². The highest BCUT2D eigenvalue weighted by Gasteiger charge is 2.36. The molecule has 23 heteroatoms. The molecule has 1 aliphatic rings. The van der Waals surface area contributed by atoms with E-state index in [0.717, 1.165) is 38.5 Å². The molecule has 3 unspecified atom stereocenters. The van der Waals surface area contributed by atoms with E-state index >= 15 is 0 Å². The van der Waals surface area contributed by atoms with Gasteiger partial charge in [-0.1, -0.05) is 38.5 Å². The molecule has 362 valence electrons. The Hall–Kier alpha value is -2.86. The van der Waals surface area contributed by atoms with E-state index in [0.29, 0.717) is 71.4 Å². The van der Waals surface area contributed by atoms with Gasteiger partial charge in [0.25, 0.3) is 0 Å². The van der Waals surface area contributed by atoms with Gasteiger partial charge in [-0.25, -0.2) is 9.82 Å². The van der Waals surface area contributed by atoms with E-state index in [1.54, 1.807) is 0 Å². The maximum atomic E-state index is 13.4. The highest BCUT2D eigenvalue weighted by Crippen LogP contribution is 2.42. The Labute approximate surface area is 366 Å². The lowest BCUT2D eigenvalue weighted by atomic mass is 10.0. The van der Waals surface area contributed by atoms with Crippen LogP contribution in [0.4, 0.5) is 0 Å². The van der Waals surface area contributed by atoms with Gasteiger partial charge in [0.15, 0.2) is 0 Å². The Bertz CT molecular complexity index is 1230. The number of β-amino-alcohol motifs (C(OH)–C–C–N with tert-alkyl or cyclic N) is 1. The van der Waals surface area contributed by atoms with Crippen molar-refractivity contribution in [3.63, 3.8) is 0 Å². The van der Waals surface area contributed by atoms with Gasteiger partial charge in [-0.2, -0.15) is 0 Å². The fraction of sp³-hybridized carbons (Fsp3) is 0.872. The number of aliphatic hydroxyl groups excluding tert-OH is 1. The van der Waals surface area contributed by atoms with Crippen molar-refractivity contribution in [3.05, 3.63) is 0 Å². The van der Waals surface area contributed by atoms with E-state index in [1.165, 1.54) is 4.90 Å². The molecule has 0 bridgehead atoms. The summed E-state index contributed by atoms with van der Waals surface area (Å²) in [6.45, 7) is 2.46. The van der Waals surface area contributed by atoms with Gasteiger partial charge in [0.2, 0.25) is 29.5 Å². The average molecular weight is 913 g/mol. The predicted molar refractivity (Wildman–Crippen MR) is 229 cm³/mol. The Morgan fingerprint density at radius 3 is 1.47 bits per heavy atom. The Kier molecular flexibility index (Phi) is 32.7. The lowest BCUT2D eigenvalue weighted by molar-refractivity contribution is -0.163. The zero-order valence-corrected chi connectivity index (χ0v) is 37.4. The fourth-order valence-electron chi connectivity index (χ4n) is 6.47. The quantitative estimate of drug-likeness (QED) is 0.0166. The summed E-state index contributed by atoms with van der Waals surface area (Å²) in [6, 6.07) is -0.606. The summed E-state index contributed by atoms with van der Waals surface area (Å²) in [5.74, 6) is -1.05. The first-order chi connectivity index (χ1) is 29.8. The van der Waals surface area contributed by atoms with Gasteiger partial charge in [-0.15, -0.1) is 4.67 Å². The first kappa shape index (κ1) is 57.2. The number of aliphatic hydroxyl groups is 1. The third-order valence-corrected chi connectivity index (χ3v) is 10.5. The second-order valence-corrected chi connectivity index (χ2v) is 16.8. The summed E-state index contributed by atoms with van der Waals surface area (Å²) < 4.78 is 37.3. The average Bonchev–Trinajstić information content (AvgIpc) is 3.63. The van der Waals surface area contributed by atoms with Gasteiger partial charge in [-0.05, 0) is 58.2 Å². The molecular formula is C39H77N8O14P. The SMILES string of the molecule is NCCCNC(=O)CCOCC(COCCC(=O)NCCCN)(COCCC(=O)NCCCN)NC(=O)CCCCCCCCCCC(=O)N1CC(O)CC1COP(=O)(O)OO. The summed E-state index contributed by atoms with van der Waals surface area (Å²) in [5.41, 5.74) is 15.3. The van der Waals surface area contributed by atoms with E-state index in [1.807, 2.05) is 0 Å². The van der Waals surface area contributed by atoms with Crippen LogP contribution in [-0.2, 0) is 51.9 Å².